The molecule has 2 heterocycles. The molecule has 0 aliphatic heterocycles. The van der Waals surface area contributed by atoms with Crippen molar-refractivity contribution in [3.8, 4) is 10.4 Å². The van der Waals surface area contributed by atoms with E-state index in [0.717, 1.165) is 26.8 Å². The third-order valence-electron chi connectivity index (χ3n) is 6.75. The van der Waals surface area contributed by atoms with Gasteiger partial charge in [0, 0.05) is 28.0 Å². The van der Waals surface area contributed by atoms with E-state index in [-0.39, 0.29) is 16.5 Å². The number of anilines is 3. The average Bonchev–Trinajstić information content (AvgIpc) is 3.37. The van der Waals surface area contributed by atoms with Crippen LogP contribution in [0.25, 0.3) is 10.4 Å². The number of benzene rings is 2. The summed E-state index contributed by atoms with van der Waals surface area (Å²) in [6.07, 6.45) is -2.54. The van der Waals surface area contributed by atoms with Gasteiger partial charge in [-0.3, -0.25) is 10.4 Å². The van der Waals surface area contributed by atoms with Gasteiger partial charge >= 0.3 is 6.18 Å². The van der Waals surface area contributed by atoms with E-state index in [1.807, 2.05) is 6.07 Å². The lowest BCUT2D eigenvalue weighted by molar-refractivity contribution is -0.0925. The van der Waals surface area contributed by atoms with Gasteiger partial charge in [-0.1, -0.05) is 65.8 Å². The molecule has 2 aromatic heterocycles. The van der Waals surface area contributed by atoms with Crippen molar-refractivity contribution in [1.82, 2.24) is 4.98 Å². The Hall–Kier alpha value is -3.91. The first-order chi connectivity index (χ1) is 19.0. The topological polar surface area (TPSA) is 66.0 Å². The summed E-state index contributed by atoms with van der Waals surface area (Å²) >= 11 is 1.58. The van der Waals surface area contributed by atoms with Crippen LogP contribution in [0.1, 0.15) is 58.4 Å². The maximum absolute atomic E-state index is 12.8. The highest BCUT2D eigenvalue weighted by Gasteiger charge is 2.31. The number of thiophene rings is 1. The van der Waals surface area contributed by atoms with Crippen LogP contribution in [0, 0.1) is 5.41 Å². The molecule has 4 rings (SSSR count). The predicted molar refractivity (Wildman–Crippen MR) is 165 cm³/mol. The molecule has 4 aromatic rings. The van der Waals surface area contributed by atoms with Gasteiger partial charge in [-0.15, -0.1) is 11.3 Å². The number of alkyl halides is 3. The van der Waals surface area contributed by atoms with Crippen LogP contribution in [0.15, 0.2) is 90.8 Å². The molecule has 8 heteroatoms. The van der Waals surface area contributed by atoms with Crippen molar-refractivity contribution in [1.29, 1.82) is 5.41 Å². The molecule has 0 radical (unpaired) electrons. The number of aromatic nitrogens is 1. The summed E-state index contributed by atoms with van der Waals surface area (Å²) in [6.45, 7) is 13.2. The van der Waals surface area contributed by atoms with Crippen LogP contribution in [0.3, 0.4) is 0 Å². The number of nitrogens with zero attached hydrogens (tertiary/aromatic N) is 2. The number of halogens is 3. The Bertz CT molecular complexity index is 1480. The Morgan fingerprint density at radius 1 is 0.780 bits per heavy atom. The first kappa shape index (κ1) is 30.1. The lowest BCUT2D eigenvalue weighted by atomic mass is 9.87. The Labute approximate surface area is 243 Å². The monoisotopic (exact) mass is 576 g/mol. The molecule has 0 saturated heterocycles. The Morgan fingerprint density at radius 2 is 1.29 bits per heavy atom. The molecule has 41 heavy (non-hydrogen) atoms. The highest BCUT2D eigenvalue weighted by molar-refractivity contribution is 7.19. The maximum atomic E-state index is 12.8. The van der Waals surface area contributed by atoms with E-state index in [2.05, 4.69) is 106 Å². The molecular formula is C33H35F3N4S. The predicted octanol–water partition coefficient (Wildman–Crippen LogP) is 9.65. The van der Waals surface area contributed by atoms with Gasteiger partial charge in [-0.2, -0.15) is 13.2 Å². The number of nitrogens with two attached hydrogens (primary N) is 1. The second-order valence-corrected chi connectivity index (χ2v) is 13.1. The quantitative estimate of drug-likeness (QED) is 0.225. The largest absolute Gasteiger partial charge is 0.430 e. The summed E-state index contributed by atoms with van der Waals surface area (Å²) in [5, 5.41) is 8.95. The van der Waals surface area contributed by atoms with E-state index >= 15 is 0 Å². The summed E-state index contributed by atoms with van der Waals surface area (Å²) < 4.78 is 38.3. The Kier molecular flexibility index (Phi) is 8.18. The number of pyridine rings is 1. The lowest BCUT2D eigenvalue weighted by Gasteiger charge is -2.26. The van der Waals surface area contributed by atoms with E-state index in [9.17, 15) is 13.2 Å². The van der Waals surface area contributed by atoms with Crippen molar-refractivity contribution in [3.05, 3.63) is 108 Å². The lowest BCUT2D eigenvalue weighted by Crippen LogP contribution is -2.20. The summed E-state index contributed by atoms with van der Waals surface area (Å²) in [6, 6.07) is 24.6. The second kappa shape index (κ2) is 11.2. The van der Waals surface area contributed by atoms with Gasteiger partial charge in [-0.05, 0) is 76.6 Å². The van der Waals surface area contributed by atoms with Crippen LogP contribution in [-0.2, 0) is 10.8 Å². The molecule has 0 atom stereocenters. The summed E-state index contributed by atoms with van der Waals surface area (Å²) in [5.41, 5.74) is 8.88. The number of rotatable bonds is 6. The zero-order chi connectivity index (χ0) is 30.2. The molecule has 2 aromatic carbocycles. The van der Waals surface area contributed by atoms with Crippen molar-refractivity contribution >= 4 is 33.4 Å². The van der Waals surface area contributed by atoms with E-state index in [4.69, 9.17) is 11.1 Å². The molecule has 0 spiro atoms. The molecule has 0 saturated carbocycles. The van der Waals surface area contributed by atoms with E-state index in [1.165, 1.54) is 17.2 Å². The average molecular weight is 577 g/mol. The molecule has 0 bridgehead atoms. The fourth-order valence-corrected chi connectivity index (χ4v) is 5.28. The van der Waals surface area contributed by atoms with Crippen molar-refractivity contribution in [2.75, 3.05) is 4.90 Å². The molecule has 0 amide bonds. The molecule has 214 valence electrons. The molecule has 0 unspecified atom stereocenters. The molecule has 0 fully saturated rings. The molecule has 0 aliphatic rings. The van der Waals surface area contributed by atoms with Gasteiger partial charge in [-0.25, -0.2) is 0 Å². The van der Waals surface area contributed by atoms with Gasteiger partial charge in [0.25, 0.3) is 0 Å². The molecule has 4 nitrogen and oxygen atoms in total. The number of nitrogens with one attached hydrogen (secondary N) is 1. The highest BCUT2D eigenvalue weighted by atomic mass is 32.1. The Morgan fingerprint density at radius 3 is 1.71 bits per heavy atom. The molecule has 3 N–H and O–H groups in total. The number of allylic oxidation sites excluding steroid dienone is 2. The third-order valence-corrected chi connectivity index (χ3v) is 7.87. The van der Waals surface area contributed by atoms with Gasteiger partial charge in [0.15, 0.2) is 0 Å². The van der Waals surface area contributed by atoms with Crippen molar-refractivity contribution in [3.63, 3.8) is 0 Å². The first-order valence-electron chi connectivity index (χ1n) is 13.2. The fraction of sp³-hybridized carbons (Fsp3) is 0.273. The SMILES string of the molecule is CC(C)(C)c1ccc(N(c2ccc(C(C)(C)C)cc2)c2ccc(-c3ccc(C(=N)C=C(N)C(F)(F)F)nc3)s2)cc1. The minimum atomic E-state index is -4.69. The minimum absolute atomic E-state index is 0.0393. The summed E-state index contributed by atoms with van der Waals surface area (Å²) in [5.74, 6) is 0. The van der Waals surface area contributed by atoms with Crippen LogP contribution in [0.2, 0.25) is 0 Å². The summed E-state index contributed by atoms with van der Waals surface area (Å²) in [7, 11) is 0. The van der Waals surface area contributed by atoms with E-state index < -0.39 is 17.6 Å². The molecule has 0 aliphatic carbocycles. The fourth-order valence-electron chi connectivity index (χ4n) is 4.24. The first-order valence-corrected chi connectivity index (χ1v) is 14.1. The van der Waals surface area contributed by atoms with Crippen molar-refractivity contribution < 1.29 is 13.2 Å². The zero-order valence-electron chi connectivity index (χ0n) is 24.1. The molecular weight excluding hydrogens is 541 g/mol. The summed E-state index contributed by atoms with van der Waals surface area (Å²) in [4.78, 5) is 7.39. The Balaban J connectivity index is 1.68. The van der Waals surface area contributed by atoms with Gasteiger partial charge in [0.2, 0.25) is 0 Å². The van der Waals surface area contributed by atoms with Crippen LogP contribution in [-0.4, -0.2) is 16.9 Å². The van der Waals surface area contributed by atoms with Crippen LogP contribution in [0.5, 0.6) is 0 Å². The third kappa shape index (κ3) is 7.06. The zero-order valence-corrected chi connectivity index (χ0v) is 24.9. The van der Waals surface area contributed by atoms with Crippen molar-refractivity contribution in [2.24, 2.45) is 5.73 Å². The second-order valence-electron chi connectivity index (χ2n) is 12.0. The van der Waals surface area contributed by atoms with Crippen molar-refractivity contribution in [2.45, 2.75) is 58.5 Å². The van der Waals surface area contributed by atoms with Gasteiger partial charge < -0.3 is 10.6 Å². The van der Waals surface area contributed by atoms with E-state index in [0.29, 0.717) is 6.08 Å². The standard InChI is InChI=1S/C33H35F3N4S/c1-31(2,3)22-8-12-24(13-9-22)40(25-14-10-23(11-15-25)32(4,5)6)30-18-17-28(41-30)21-7-16-27(39-20-21)26(37)19-29(38)33(34,35)36/h7-20,37H,38H2,1-6H3. The van der Waals surface area contributed by atoms with Crippen LogP contribution < -0.4 is 10.6 Å². The maximum Gasteiger partial charge on any atom is 0.430 e. The van der Waals surface area contributed by atoms with E-state index in [1.54, 1.807) is 23.6 Å². The van der Waals surface area contributed by atoms with Crippen LogP contribution >= 0.6 is 11.3 Å². The van der Waals surface area contributed by atoms with Crippen LogP contribution in [0.4, 0.5) is 29.5 Å². The van der Waals surface area contributed by atoms with Gasteiger partial charge in [0.1, 0.15) is 10.7 Å². The van der Waals surface area contributed by atoms with Gasteiger partial charge in [0.05, 0.1) is 11.4 Å². The number of hydrogen-bond acceptors (Lipinski definition) is 5. The smallest absolute Gasteiger partial charge is 0.395 e. The number of hydrogen-bond donors (Lipinski definition) is 2. The normalized spacial score (nSPS) is 12.9. The minimum Gasteiger partial charge on any atom is -0.395 e. The highest BCUT2D eigenvalue weighted by Crippen LogP contribution is 2.42.